The molecule has 0 bridgehead atoms. The summed E-state index contributed by atoms with van der Waals surface area (Å²) in [6, 6.07) is 7.08. The van der Waals surface area contributed by atoms with Gasteiger partial charge in [0.05, 0.1) is 25.7 Å². The summed E-state index contributed by atoms with van der Waals surface area (Å²) < 4.78 is 5.32. The number of amides is 3. The zero-order valence-corrected chi connectivity index (χ0v) is 17.7. The van der Waals surface area contributed by atoms with Gasteiger partial charge in [-0.3, -0.25) is 19.3 Å². The van der Waals surface area contributed by atoms with Crippen molar-refractivity contribution in [1.82, 2.24) is 14.7 Å². The molecule has 1 aromatic rings. The Bertz CT molecular complexity index is 789. The minimum atomic E-state index is -0.344. The predicted octanol–water partition coefficient (Wildman–Crippen LogP) is 0.696. The van der Waals surface area contributed by atoms with Crippen LogP contribution in [0, 0.1) is 5.92 Å². The number of rotatable bonds is 4. The fourth-order valence-corrected chi connectivity index (χ4v) is 4.35. The van der Waals surface area contributed by atoms with Crippen molar-refractivity contribution in [3.05, 3.63) is 29.3 Å². The van der Waals surface area contributed by atoms with Crippen LogP contribution < -0.4 is 4.90 Å². The highest BCUT2D eigenvalue weighted by Gasteiger charge is 2.38. The molecule has 3 amide bonds. The van der Waals surface area contributed by atoms with Gasteiger partial charge in [0.1, 0.15) is 0 Å². The lowest BCUT2D eigenvalue weighted by Crippen LogP contribution is -2.54. The Morgan fingerprint density at radius 1 is 0.967 bits per heavy atom. The Balaban J connectivity index is 1.27. The van der Waals surface area contributed by atoms with E-state index in [4.69, 9.17) is 16.3 Å². The zero-order chi connectivity index (χ0) is 21.1. The van der Waals surface area contributed by atoms with Gasteiger partial charge in [-0.15, -0.1) is 0 Å². The van der Waals surface area contributed by atoms with E-state index in [-0.39, 0.29) is 30.1 Å². The van der Waals surface area contributed by atoms with Crippen LogP contribution >= 0.6 is 11.6 Å². The summed E-state index contributed by atoms with van der Waals surface area (Å²) in [5.74, 6) is -0.284. The molecule has 1 atom stereocenters. The first-order valence-corrected chi connectivity index (χ1v) is 10.8. The van der Waals surface area contributed by atoms with Gasteiger partial charge in [0, 0.05) is 62.9 Å². The van der Waals surface area contributed by atoms with Gasteiger partial charge in [-0.2, -0.15) is 0 Å². The van der Waals surface area contributed by atoms with Gasteiger partial charge in [0.2, 0.25) is 17.7 Å². The Morgan fingerprint density at radius 2 is 1.60 bits per heavy atom. The van der Waals surface area contributed by atoms with E-state index in [9.17, 15) is 14.4 Å². The maximum absolute atomic E-state index is 13.0. The third-order valence-electron chi connectivity index (χ3n) is 6.02. The van der Waals surface area contributed by atoms with Crippen LogP contribution in [0.1, 0.15) is 6.42 Å². The number of hydrogen-bond acceptors (Lipinski definition) is 5. The molecule has 3 aliphatic rings. The standard InChI is InChI=1S/C21H27ClN4O4/c22-17-1-3-18(4-2-17)26-14-16(13-19(26)27)21(29)25-7-5-24(6-8-25)20(28)15-23-9-11-30-12-10-23/h1-4,16H,5-15H2. The van der Waals surface area contributed by atoms with Crippen LogP contribution in [-0.2, 0) is 19.1 Å². The molecule has 4 rings (SSSR count). The van der Waals surface area contributed by atoms with E-state index < -0.39 is 0 Å². The van der Waals surface area contributed by atoms with Crippen molar-refractivity contribution >= 4 is 35.0 Å². The number of anilines is 1. The van der Waals surface area contributed by atoms with Gasteiger partial charge in [-0.1, -0.05) is 11.6 Å². The highest BCUT2D eigenvalue weighted by Crippen LogP contribution is 2.27. The first-order valence-electron chi connectivity index (χ1n) is 10.4. The smallest absolute Gasteiger partial charge is 0.236 e. The van der Waals surface area contributed by atoms with Gasteiger partial charge >= 0.3 is 0 Å². The molecule has 9 heteroatoms. The fraction of sp³-hybridized carbons (Fsp3) is 0.571. The van der Waals surface area contributed by atoms with Crippen LogP contribution in [0.5, 0.6) is 0 Å². The number of nitrogens with zero attached hydrogens (tertiary/aromatic N) is 4. The Morgan fingerprint density at radius 3 is 2.27 bits per heavy atom. The predicted molar refractivity (Wildman–Crippen MR) is 112 cm³/mol. The topological polar surface area (TPSA) is 73.4 Å². The van der Waals surface area contributed by atoms with E-state index in [0.717, 1.165) is 18.8 Å². The molecule has 3 aliphatic heterocycles. The second-order valence-electron chi connectivity index (χ2n) is 7.98. The van der Waals surface area contributed by atoms with Gasteiger partial charge < -0.3 is 19.4 Å². The molecule has 3 saturated heterocycles. The summed E-state index contributed by atoms with van der Waals surface area (Å²) in [7, 11) is 0. The molecular formula is C21H27ClN4O4. The van der Waals surface area contributed by atoms with E-state index in [1.54, 1.807) is 34.1 Å². The zero-order valence-electron chi connectivity index (χ0n) is 17.0. The lowest BCUT2D eigenvalue weighted by atomic mass is 10.1. The van der Waals surface area contributed by atoms with Crippen molar-refractivity contribution in [1.29, 1.82) is 0 Å². The number of halogens is 1. The van der Waals surface area contributed by atoms with E-state index in [1.807, 2.05) is 4.90 Å². The molecule has 0 N–H and O–H groups in total. The number of carbonyl (C=O) groups excluding carboxylic acids is 3. The van der Waals surface area contributed by atoms with Gasteiger partial charge in [0.15, 0.2) is 0 Å². The lowest BCUT2D eigenvalue weighted by molar-refractivity contribution is -0.142. The quantitative estimate of drug-likeness (QED) is 0.697. The van der Waals surface area contributed by atoms with Crippen LogP contribution in [-0.4, -0.2) is 98.0 Å². The summed E-state index contributed by atoms with van der Waals surface area (Å²) in [6.07, 6.45) is 0.220. The third-order valence-corrected chi connectivity index (χ3v) is 6.27. The van der Waals surface area contributed by atoms with Crippen molar-refractivity contribution in [3.8, 4) is 0 Å². The molecule has 30 heavy (non-hydrogen) atoms. The first-order chi connectivity index (χ1) is 14.5. The van der Waals surface area contributed by atoms with Gasteiger partial charge in [-0.05, 0) is 24.3 Å². The fourth-order valence-electron chi connectivity index (χ4n) is 4.23. The normalized spacial score (nSPS) is 23.2. The molecule has 1 unspecified atom stereocenters. The van der Waals surface area contributed by atoms with Crippen molar-refractivity contribution in [2.45, 2.75) is 6.42 Å². The summed E-state index contributed by atoms with van der Waals surface area (Å²) in [4.78, 5) is 45.3. The Kier molecular flexibility index (Phi) is 6.55. The number of morpholine rings is 1. The molecule has 0 radical (unpaired) electrons. The van der Waals surface area contributed by atoms with E-state index in [1.165, 1.54) is 0 Å². The van der Waals surface area contributed by atoms with Crippen molar-refractivity contribution < 1.29 is 19.1 Å². The molecular weight excluding hydrogens is 408 g/mol. The van der Waals surface area contributed by atoms with Crippen LogP contribution in [0.25, 0.3) is 0 Å². The summed E-state index contributed by atoms with van der Waals surface area (Å²) >= 11 is 5.92. The lowest BCUT2D eigenvalue weighted by Gasteiger charge is -2.37. The molecule has 8 nitrogen and oxygen atoms in total. The molecule has 3 heterocycles. The second-order valence-corrected chi connectivity index (χ2v) is 8.41. The molecule has 0 aliphatic carbocycles. The minimum Gasteiger partial charge on any atom is -0.379 e. The van der Waals surface area contributed by atoms with Gasteiger partial charge in [0.25, 0.3) is 0 Å². The molecule has 162 valence electrons. The van der Waals surface area contributed by atoms with Crippen molar-refractivity contribution in [2.75, 3.05) is 70.5 Å². The highest BCUT2D eigenvalue weighted by molar-refractivity contribution is 6.30. The first kappa shape index (κ1) is 21.1. The Labute approximate surface area is 181 Å². The van der Waals surface area contributed by atoms with Crippen LogP contribution in [0.4, 0.5) is 5.69 Å². The average molecular weight is 435 g/mol. The molecule has 3 fully saturated rings. The summed E-state index contributed by atoms with van der Waals surface area (Å²) in [6.45, 7) is 5.80. The largest absolute Gasteiger partial charge is 0.379 e. The number of hydrogen-bond donors (Lipinski definition) is 0. The minimum absolute atomic E-state index is 0.0000850. The van der Waals surface area contributed by atoms with Gasteiger partial charge in [-0.25, -0.2) is 0 Å². The maximum atomic E-state index is 13.0. The van der Waals surface area contributed by atoms with E-state index >= 15 is 0 Å². The number of benzene rings is 1. The molecule has 1 aromatic carbocycles. The van der Waals surface area contributed by atoms with Crippen LogP contribution in [0.15, 0.2) is 24.3 Å². The number of carbonyl (C=O) groups is 3. The Hall–Kier alpha value is -2.16. The maximum Gasteiger partial charge on any atom is 0.236 e. The van der Waals surface area contributed by atoms with Crippen molar-refractivity contribution in [3.63, 3.8) is 0 Å². The van der Waals surface area contributed by atoms with E-state index in [2.05, 4.69) is 4.90 Å². The molecule has 0 spiro atoms. The SMILES string of the molecule is O=C(CN1CCOCC1)N1CCN(C(=O)C2CC(=O)N(c3ccc(Cl)cc3)C2)CC1. The summed E-state index contributed by atoms with van der Waals surface area (Å²) in [5.41, 5.74) is 0.762. The summed E-state index contributed by atoms with van der Waals surface area (Å²) in [5, 5.41) is 0.610. The number of ether oxygens (including phenoxy) is 1. The third kappa shape index (κ3) is 4.77. The van der Waals surface area contributed by atoms with Crippen LogP contribution in [0.3, 0.4) is 0 Å². The highest BCUT2D eigenvalue weighted by atomic mass is 35.5. The van der Waals surface area contributed by atoms with Crippen molar-refractivity contribution in [2.24, 2.45) is 5.92 Å². The second kappa shape index (κ2) is 9.32. The van der Waals surface area contributed by atoms with Crippen LogP contribution in [0.2, 0.25) is 5.02 Å². The monoisotopic (exact) mass is 434 g/mol. The van der Waals surface area contributed by atoms with E-state index in [0.29, 0.717) is 57.5 Å². The number of piperazine rings is 1. The molecule has 0 aromatic heterocycles. The molecule has 0 saturated carbocycles. The average Bonchev–Trinajstić information content (AvgIpc) is 3.16.